The van der Waals surface area contributed by atoms with E-state index in [0.717, 1.165) is 22.3 Å². The van der Waals surface area contributed by atoms with Crippen molar-refractivity contribution in [3.05, 3.63) is 50.6 Å². The van der Waals surface area contributed by atoms with E-state index in [1.54, 1.807) is 17.5 Å². The van der Waals surface area contributed by atoms with Crippen molar-refractivity contribution in [1.82, 2.24) is 10.3 Å². The molecule has 0 saturated heterocycles. The minimum Gasteiger partial charge on any atom is -0.310 e. The third-order valence-electron chi connectivity index (χ3n) is 2.68. The molecule has 2 rings (SSSR count). The number of hydrogen-bond donors (Lipinski definition) is 1. The first-order valence-electron chi connectivity index (χ1n) is 5.73. The molecular weight excluding hydrogens is 315 g/mol. The van der Waals surface area contributed by atoms with Crippen molar-refractivity contribution in [1.29, 1.82) is 0 Å². The monoisotopic (exact) mass is 328 g/mol. The Morgan fingerprint density at radius 3 is 2.94 bits per heavy atom. The van der Waals surface area contributed by atoms with E-state index in [4.69, 9.17) is 0 Å². The highest BCUT2D eigenvalue weighted by atomic mass is 79.9. The normalized spacial score (nSPS) is 12.6. The zero-order valence-corrected chi connectivity index (χ0v) is 12.4. The molecule has 2 aromatic rings. The van der Waals surface area contributed by atoms with E-state index in [2.05, 4.69) is 38.4 Å². The van der Waals surface area contributed by atoms with Crippen LogP contribution in [0.25, 0.3) is 0 Å². The smallest absolute Gasteiger partial charge is 0.141 e. The molecule has 0 aromatic carbocycles. The van der Waals surface area contributed by atoms with Gasteiger partial charge in [-0.3, -0.25) is 4.98 Å². The molecule has 1 unspecified atom stereocenters. The summed E-state index contributed by atoms with van der Waals surface area (Å²) in [6.07, 6.45) is 3.89. The summed E-state index contributed by atoms with van der Waals surface area (Å²) < 4.78 is 14.2. The second-order valence-electron chi connectivity index (χ2n) is 4.07. The standard InChI is InChI=1S/C13H14BrFN2S/c1-9(10-6-11(15)8-16-7-10)17-5-4-12-2-3-13(14)18-12/h2-3,6-9,17H,4-5H2,1H3. The number of aromatic nitrogens is 1. The van der Waals surface area contributed by atoms with E-state index in [-0.39, 0.29) is 11.9 Å². The van der Waals surface area contributed by atoms with Crippen molar-refractivity contribution >= 4 is 27.3 Å². The van der Waals surface area contributed by atoms with Crippen molar-refractivity contribution in [2.45, 2.75) is 19.4 Å². The van der Waals surface area contributed by atoms with Gasteiger partial charge in [0.15, 0.2) is 0 Å². The van der Waals surface area contributed by atoms with Crippen molar-refractivity contribution in [3.8, 4) is 0 Å². The van der Waals surface area contributed by atoms with E-state index in [9.17, 15) is 4.39 Å². The van der Waals surface area contributed by atoms with Gasteiger partial charge in [-0.15, -0.1) is 11.3 Å². The quantitative estimate of drug-likeness (QED) is 0.899. The van der Waals surface area contributed by atoms with Gasteiger partial charge >= 0.3 is 0 Å². The molecule has 0 bridgehead atoms. The minimum absolute atomic E-state index is 0.108. The maximum atomic E-state index is 13.0. The lowest BCUT2D eigenvalue weighted by Gasteiger charge is -2.13. The predicted molar refractivity (Wildman–Crippen MR) is 76.3 cm³/mol. The largest absolute Gasteiger partial charge is 0.310 e. The van der Waals surface area contributed by atoms with Gasteiger partial charge in [0.05, 0.1) is 9.98 Å². The van der Waals surface area contributed by atoms with Crippen molar-refractivity contribution in [2.75, 3.05) is 6.54 Å². The Morgan fingerprint density at radius 2 is 2.28 bits per heavy atom. The van der Waals surface area contributed by atoms with Crippen LogP contribution in [0.3, 0.4) is 0 Å². The number of thiophene rings is 1. The molecule has 0 spiro atoms. The summed E-state index contributed by atoms with van der Waals surface area (Å²) in [4.78, 5) is 5.19. The zero-order valence-electron chi connectivity index (χ0n) is 9.99. The lowest BCUT2D eigenvalue weighted by atomic mass is 10.1. The number of hydrogen-bond acceptors (Lipinski definition) is 3. The lowest BCUT2D eigenvalue weighted by molar-refractivity contribution is 0.564. The van der Waals surface area contributed by atoms with Gasteiger partial charge in [0.25, 0.3) is 0 Å². The summed E-state index contributed by atoms with van der Waals surface area (Å²) >= 11 is 5.19. The molecule has 1 N–H and O–H groups in total. The molecule has 0 aliphatic heterocycles. The van der Waals surface area contributed by atoms with E-state index < -0.39 is 0 Å². The van der Waals surface area contributed by atoms with Crippen LogP contribution in [0.4, 0.5) is 4.39 Å². The zero-order chi connectivity index (χ0) is 13.0. The fourth-order valence-electron chi connectivity index (χ4n) is 1.68. The lowest BCUT2D eigenvalue weighted by Crippen LogP contribution is -2.21. The van der Waals surface area contributed by atoms with Gasteiger partial charge in [0.1, 0.15) is 5.82 Å². The third kappa shape index (κ3) is 3.86. The van der Waals surface area contributed by atoms with Crippen LogP contribution in [0.15, 0.2) is 34.4 Å². The molecular formula is C13H14BrFN2S. The topological polar surface area (TPSA) is 24.9 Å². The van der Waals surface area contributed by atoms with Crippen molar-refractivity contribution < 1.29 is 4.39 Å². The summed E-state index contributed by atoms with van der Waals surface area (Å²) in [5, 5.41) is 3.37. The molecule has 5 heteroatoms. The molecule has 2 aromatic heterocycles. The summed E-state index contributed by atoms with van der Waals surface area (Å²) in [5.41, 5.74) is 0.877. The first-order valence-corrected chi connectivity index (χ1v) is 7.34. The van der Waals surface area contributed by atoms with Crippen LogP contribution >= 0.6 is 27.3 Å². The first-order chi connectivity index (χ1) is 8.65. The Balaban J connectivity index is 1.83. The van der Waals surface area contributed by atoms with Gasteiger partial charge in [-0.2, -0.15) is 0 Å². The fourth-order valence-corrected chi connectivity index (χ4v) is 3.16. The SMILES string of the molecule is CC(NCCc1ccc(Br)s1)c1cncc(F)c1. The number of nitrogens with zero attached hydrogens (tertiary/aromatic N) is 1. The van der Waals surface area contributed by atoms with Crippen LogP contribution < -0.4 is 5.32 Å². The molecule has 18 heavy (non-hydrogen) atoms. The summed E-state index contributed by atoms with van der Waals surface area (Å²) in [6, 6.07) is 5.80. The number of nitrogens with one attached hydrogen (secondary N) is 1. The molecule has 2 nitrogen and oxygen atoms in total. The van der Waals surface area contributed by atoms with Gasteiger partial charge in [-0.25, -0.2) is 4.39 Å². The van der Waals surface area contributed by atoms with E-state index >= 15 is 0 Å². The Labute approximate surface area is 118 Å². The second kappa shape index (κ2) is 6.41. The second-order valence-corrected chi connectivity index (χ2v) is 6.62. The van der Waals surface area contributed by atoms with E-state index in [1.165, 1.54) is 17.1 Å². The van der Waals surface area contributed by atoms with Crippen molar-refractivity contribution in [3.63, 3.8) is 0 Å². The maximum absolute atomic E-state index is 13.0. The van der Waals surface area contributed by atoms with E-state index in [0.29, 0.717) is 0 Å². The van der Waals surface area contributed by atoms with E-state index in [1.807, 2.05) is 6.92 Å². The fraction of sp³-hybridized carbons (Fsp3) is 0.308. The summed E-state index contributed by atoms with van der Waals surface area (Å²) in [6.45, 7) is 2.88. The Morgan fingerprint density at radius 1 is 1.44 bits per heavy atom. The highest BCUT2D eigenvalue weighted by molar-refractivity contribution is 9.11. The molecule has 96 valence electrons. The van der Waals surface area contributed by atoms with Gasteiger partial charge in [0, 0.05) is 23.7 Å². The Kier molecular flexibility index (Phi) is 4.86. The summed E-state index contributed by atoms with van der Waals surface area (Å²) in [7, 11) is 0. The van der Waals surface area contributed by atoms with Crippen LogP contribution in [0.1, 0.15) is 23.4 Å². The number of halogens is 2. The van der Waals surface area contributed by atoms with Crippen LogP contribution in [0, 0.1) is 5.82 Å². The predicted octanol–water partition coefficient (Wildman–Crippen LogP) is 3.94. The molecule has 0 aliphatic carbocycles. The van der Waals surface area contributed by atoms with Crippen LogP contribution in [0.5, 0.6) is 0 Å². The van der Waals surface area contributed by atoms with Crippen LogP contribution in [-0.2, 0) is 6.42 Å². The van der Waals surface area contributed by atoms with Crippen LogP contribution in [-0.4, -0.2) is 11.5 Å². The maximum Gasteiger partial charge on any atom is 0.141 e. The van der Waals surface area contributed by atoms with Gasteiger partial charge < -0.3 is 5.32 Å². The first kappa shape index (κ1) is 13.6. The Hall–Kier alpha value is -0.780. The molecule has 0 radical (unpaired) electrons. The molecule has 0 amide bonds. The van der Waals surface area contributed by atoms with Gasteiger partial charge in [-0.05, 0) is 53.0 Å². The van der Waals surface area contributed by atoms with Crippen molar-refractivity contribution in [2.24, 2.45) is 0 Å². The average molecular weight is 329 g/mol. The average Bonchev–Trinajstić information content (AvgIpc) is 2.75. The Bertz CT molecular complexity index is 515. The highest BCUT2D eigenvalue weighted by Gasteiger charge is 2.06. The highest BCUT2D eigenvalue weighted by Crippen LogP contribution is 2.22. The molecule has 0 fully saturated rings. The van der Waals surface area contributed by atoms with Gasteiger partial charge in [0.2, 0.25) is 0 Å². The molecule has 0 aliphatic rings. The molecule has 1 atom stereocenters. The van der Waals surface area contributed by atoms with Gasteiger partial charge in [-0.1, -0.05) is 0 Å². The third-order valence-corrected chi connectivity index (χ3v) is 4.36. The number of pyridine rings is 1. The number of rotatable bonds is 5. The summed E-state index contributed by atoms with van der Waals surface area (Å²) in [5.74, 6) is -0.289. The van der Waals surface area contributed by atoms with Crippen LogP contribution in [0.2, 0.25) is 0 Å². The molecule has 2 heterocycles. The molecule has 0 saturated carbocycles. The minimum atomic E-state index is -0.289.